The molecule has 0 saturated carbocycles. The molecule has 1 rings (SSSR count). The van der Waals surface area contributed by atoms with E-state index < -0.39 is 0 Å². The fourth-order valence-corrected chi connectivity index (χ4v) is 1.12. The molecule has 0 aromatic carbocycles. The number of hydrogen-bond donors (Lipinski definition) is 0. The van der Waals surface area contributed by atoms with Crippen LogP contribution in [0.3, 0.4) is 0 Å². The topological polar surface area (TPSA) is 18.5 Å². The summed E-state index contributed by atoms with van der Waals surface area (Å²) in [6.45, 7) is 7.04. The van der Waals surface area contributed by atoms with E-state index in [1.807, 2.05) is 0 Å². The van der Waals surface area contributed by atoms with E-state index in [4.69, 9.17) is 21.1 Å². The molecule has 1 aliphatic rings. The highest BCUT2D eigenvalue weighted by atomic mass is 35.5. The molecule has 3 heteroatoms. The second-order valence-electron chi connectivity index (χ2n) is 3.66. The summed E-state index contributed by atoms with van der Waals surface area (Å²) in [5.74, 6) is 0.417. The highest BCUT2D eigenvalue weighted by Gasteiger charge is 2.34. The summed E-state index contributed by atoms with van der Waals surface area (Å²) in [5.41, 5.74) is 0.114. The lowest BCUT2D eigenvalue weighted by atomic mass is 9.88. The molecule has 2 atom stereocenters. The molecule has 66 valence electrons. The van der Waals surface area contributed by atoms with E-state index in [0.717, 1.165) is 6.61 Å². The van der Waals surface area contributed by atoms with Crippen molar-refractivity contribution >= 4 is 11.6 Å². The van der Waals surface area contributed by atoms with Crippen LogP contribution in [0.2, 0.25) is 0 Å². The average molecular weight is 179 g/mol. The van der Waals surface area contributed by atoms with Crippen LogP contribution in [0.15, 0.2) is 0 Å². The first-order chi connectivity index (χ1) is 5.06. The van der Waals surface area contributed by atoms with Crippen molar-refractivity contribution < 1.29 is 9.47 Å². The Morgan fingerprint density at radius 3 is 2.64 bits per heavy atom. The van der Waals surface area contributed by atoms with Gasteiger partial charge in [0.1, 0.15) is 0 Å². The molecule has 0 aromatic heterocycles. The molecular weight excluding hydrogens is 164 g/mol. The van der Waals surface area contributed by atoms with Crippen LogP contribution in [-0.2, 0) is 9.47 Å². The molecule has 1 saturated heterocycles. The first kappa shape index (κ1) is 9.30. The Labute approximate surface area is 72.8 Å². The van der Waals surface area contributed by atoms with Crippen molar-refractivity contribution in [3.05, 3.63) is 0 Å². The fourth-order valence-electron chi connectivity index (χ4n) is 0.957. The summed E-state index contributed by atoms with van der Waals surface area (Å²) in [6.07, 6.45) is 0.0136. The van der Waals surface area contributed by atoms with Gasteiger partial charge in [-0.05, 0) is 6.92 Å². The Hall–Kier alpha value is 0.210. The van der Waals surface area contributed by atoms with E-state index in [0.29, 0.717) is 5.88 Å². The molecule has 1 heterocycles. The molecular formula is C8H15ClO2. The van der Waals surface area contributed by atoms with Crippen LogP contribution < -0.4 is 0 Å². The van der Waals surface area contributed by atoms with Crippen molar-refractivity contribution in [2.24, 2.45) is 5.41 Å². The second kappa shape index (κ2) is 3.30. The number of rotatable bonds is 1. The molecule has 11 heavy (non-hydrogen) atoms. The summed E-state index contributed by atoms with van der Waals surface area (Å²) in [4.78, 5) is 0. The Morgan fingerprint density at radius 2 is 2.18 bits per heavy atom. The molecule has 0 unspecified atom stereocenters. The Kier molecular flexibility index (Phi) is 2.79. The minimum Gasteiger partial charge on any atom is -0.351 e. The largest absolute Gasteiger partial charge is 0.351 e. The average Bonchev–Trinajstić information content (AvgIpc) is 1.95. The van der Waals surface area contributed by atoms with Gasteiger partial charge >= 0.3 is 0 Å². The van der Waals surface area contributed by atoms with E-state index in [1.54, 1.807) is 0 Å². The van der Waals surface area contributed by atoms with E-state index in [-0.39, 0.29) is 17.8 Å². The van der Waals surface area contributed by atoms with Crippen molar-refractivity contribution in [1.29, 1.82) is 0 Å². The molecule has 0 bridgehead atoms. The molecule has 0 aromatic rings. The van der Waals surface area contributed by atoms with Crippen LogP contribution in [0.1, 0.15) is 20.8 Å². The van der Waals surface area contributed by atoms with Crippen LogP contribution >= 0.6 is 11.6 Å². The van der Waals surface area contributed by atoms with Gasteiger partial charge in [0, 0.05) is 5.41 Å². The Bertz CT molecular complexity index is 136. The van der Waals surface area contributed by atoms with Gasteiger partial charge in [0.15, 0.2) is 6.29 Å². The fraction of sp³-hybridized carbons (Fsp3) is 1.00. The molecule has 0 aliphatic carbocycles. The van der Waals surface area contributed by atoms with Gasteiger partial charge in [-0.2, -0.15) is 0 Å². The normalized spacial score (nSPS) is 37.1. The van der Waals surface area contributed by atoms with Gasteiger partial charge in [0.25, 0.3) is 0 Å². The van der Waals surface area contributed by atoms with Crippen molar-refractivity contribution in [1.82, 2.24) is 0 Å². The Balaban J connectivity index is 2.48. The maximum atomic E-state index is 5.59. The van der Waals surface area contributed by atoms with E-state index in [9.17, 15) is 0 Å². The van der Waals surface area contributed by atoms with E-state index >= 15 is 0 Å². The van der Waals surface area contributed by atoms with E-state index in [1.165, 1.54) is 0 Å². The zero-order valence-electron chi connectivity index (χ0n) is 7.26. The molecule has 0 radical (unpaired) electrons. The molecule has 0 spiro atoms. The maximum absolute atomic E-state index is 5.59. The summed E-state index contributed by atoms with van der Waals surface area (Å²) >= 11 is 5.59. The monoisotopic (exact) mass is 178 g/mol. The third-order valence-electron chi connectivity index (χ3n) is 2.22. The minimum absolute atomic E-state index is 0.114. The summed E-state index contributed by atoms with van der Waals surface area (Å²) < 4.78 is 10.9. The summed E-state index contributed by atoms with van der Waals surface area (Å²) in [5, 5.41) is 0. The van der Waals surface area contributed by atoms with Crippen LogP contribution in [-0.4, -0.2) is 24.9 Å². The predicted molar refractivity (Wildman–Crippen MR) is 44.8 cm³/mol. The lowest BCUT2D eigenvalue weighted by Gasteiger charge is -2.39. The number of hydrogen-bond acceptors (Lipinski definition) is 2. The number of alkyl halides is 1. The third-order valence-corrected chi connectivity index (χ3v) is 2.48. The second-order valence-corrected chi connectivity index (χ2v) is 3.97. The van der Waals surface area contributed by atoms with Gasteiger partial charge < -0.3 is 9.47 Å². The van der Waals surface area contributed by atoms with E-state index in [2.05, 4.69) is 20.8 Å². The smallest absolute Gasteiger partial charge is 0.171 e. The number of halogens is 1. The summed E-state index contributed by atoms with van der Waals surface area (Å²) in [7, 11) is 0. The van der Waals surface area contributed by atoms with Gasteiger partial charge in [-0.15, -0.1) is 11.6 Å². The predicted octanol–water partition coefficient (Wildman–Crippen LogP) is 2.01. The van der Waals surface area contributed by atoms with Crippen molar-refractivity contribution in [3.8, 4) is 0 Å². The minimum atomic E-state index is -0.209. The third kappa shape index (κ3) is 2.08. The lowest BCUT2D eigenvalue weighted by Crippen LogP contribution is -2.44. The van der Waals surface area contributed by atoms with Crippen molar-refractivity contribution in [3.63, 3.8) is 0 Å². The highest BCUT2D eigenvalue weighted by molar-refractivity contribution is 6.18. The molecule has 0 N–H and O–H groups in total. The summed E-state index contributed by atoms with van der Waals surface area (Å²) in [6, 6.07) is 0. The Morgan fingerprint density at radius 1 is 1.55 bits per heavy atom. The van der Waals surface area contributed by atoms with Crippen LogP contribution in [0.25, 0.3) is 0 Å². The van der Waals surface area contributed by atoms with Gasteiger partial charge in [0.05, 0.1) is 18.6 Å². The van der Waals surface area contributed by atoms with Crippen molar-refractivity contribution in [2.75, 3.05) is 12.5 Å². The van der Waals surface area contributed by atoms with Crippen LogP contribution in [0.5, 0.6) is 0 Å². The van der Waals surface area contributed by atoms with Gasteiger partial charge in [0.2, 0.25) is 0 Å². The quantitative estimate of drug-likeness (QED) is 0.572. The standard InChI is InChI=1S/C8H15ClO2/c1-6-8(2,3)5-10-7(4-9)11-6/h6-7H,4-5H2,1-3H3/t6-,7+/m0/s1. The zero-order chi connectivity index (χ0) is 8.48. The van der Waals surface area contributed by atoms with Crippen LogP contribution in [0.4, 0.5) is 0 Å². The van der Waals surface area contributed by atoms with Gasteiger partial charge in [-0.3, -0.25) is 0 Å². The van der Waals surface area contributed by atoms with Crippen molar-refractivity contribution in [2.45, 2.75) is 33.2 Å². The molecule has 1 aliphatic heterocycles. The molecule has 0 amide bonds. The van der Waals surface area contributed by atoms with Crippen LogP contribution in [0, 0.1) is 5.41 Å². The first-order valence-electron chi connectivity index (χ1n) is 3.89. The number of ether oxygens (including phenoxy) is 2. The lowest BCUT2D eigenvalue weighted by molar-refractivity contribution is -0.244. The maximum Gasteiger partial charge on any atom is 0.171 e. The first-order valence-corrected chi connectivity index (χ1v) is 4.43. The SMILES string of the molecule is C[C@@H]1O[C@H](CCl)OCC1(C)C. The molecule has 2 nitrogen and oxygen atoms in total. The van der Waals surface area contributed by atoms with Gasteiger partial charge in [-0.25, -0.2) is 0 Å². The van der Waals surface area contributed by atoms with Gasteiger partial charge in [-0.1, -0.05) is 13.8 Å². The highest BCUT2D eigenvalue weighted by Crippen LogP contribution is 2.29. The zero-order valence-corrected chi connectivity index (χ0v) is 8.02. The molecule has 1 fully saturated rings.